The van der Waals surface area contributed by atoms with Crippen LogP contribution in [-0.4, -0.2) is 55.8 Å². The molecule has 2 aliphatic heterocycles. The largest absolute Gasteiger partial charge is 0.317 e. The molecule has 0 aliphatic carbocycles. The molecule has 112 valence electrons. The molecule has 5 nitrogen and oxygen atoms in total. The highest BCUT2D eigenvalue weighted by Gasteiger charge is 2.34. The number of hydrogen-bond acceptors (Lipinski definition) is 3. The summed E-state index contributed by atoms with van der Waals surface area (Å²) in [6, 6.07) is 0.180. The molecule has 0 aromatic carbocycles. The van der Waals surface area contributed by atoms with Gasteiger partial charge in [0, 0.05) is 25.7 Å². The van der Waals surface area contributed by atoms with Gasteiger partial charge in [-0.3, -0.25) is 0 Å². The van der Waals surface area contributed by atoms with E-state index >= 15 is 0 Å². The van der Waals surface area contributed by atoms with Crippen LogP contribution in [0.4, 0.5) is 0 Å². The highest BCUT2D eigenvalue weighted by molar-refractivity contribution is 7.86. The molecule has 0 saturated carbocycles. The normalized spacial score (nSPS) is 24.5. The maximum atomic E-state index is 12.8. The second kappa shape index (κ2) is 7.02. The Labute approximate surface area is 117 Å². The molecule has 0 amide bonds. The van der Waals surface area contributed by atoms with Crippen LogP contribution in [0, 0.1) is 0 Å². The van der Waals surface area contributed by atoms with Gasteiger partial charge in [-0.2, -0.15) is 17.0 Å². The Morgan fingerprint density at radius 3 is 2.21 bits per heavy atom. The van der Waals surface area contributed by atoms with Crippen LogP contribution in [0.15, 0.2) is 0 Å². The standard InChI is InChI=1S/C13H27N3O2S/c1-2-16(13-7-9-14-10-8-13)19(17,18)15-11-5-3-4-6-12-15/h13-14H,2-12H2,1H3. The Bertz CT molecular complexity index is 358. The van der Waals surface area contributed by atoms with Crippen molar-refractivity contribution in [2.45, 2.75) is 51.5 Å². The van der Waals surface area contributed by atoms with E-state index in [9.17, 15) is 8.42 Å². The fourth-order valence-corrected chi connectivity index (χ4v) is 5.06. The molecule has 0 radical (unpaired) electrons. The van der Waals surface area contributed by atoms with E-state index in [1.807, 2.05) is 6.92 Å². The Hall–Kier alpha value is -0.170. The van der Waals surface area contributed by atoms with Gasteiger partial charge in [0.2, 0.25) is 0 Å². The molecule has 1 N–H and O–H groups in total. The van der Waals surface area contributed by atoms with Crippen LogP contribution in [0.25, 0.3) is 0 Å². The summed E-state index contributed by atoms with van der Waals surface area (Å²) in [5.74, 6) is 0. The predicted octanol–water partition coefficient (Wildman–Crippen LogP) is 1.18. The van der Waals surface area contributed by atoms with Crippen molar-refractivity contribution < 1.29 is 8.42 Å². The number of nitrogens with zero attached hydrogens (tertiary/aromatic N) is 2. The molecule has 19 heavy (non-hydrogen) atoms. The second-order valence-electron chi connectivity index (χ2n) is 5.51. The number of nitrogens with one attached hydrogen (secondary N) is 1. The molecule has 6 heteroatoms. The Kier molecular flexibility index (Phi) is 5.62. The molecule has 2 aliphatic rings. The molecule has 0 spiro atoms. The fraction of sp³-hybridized carbons (Fsp3) is 1.00. The van der Waals surface area contributed by atoms with Gasteiger partial charge in [-0.1, -0.05) is 19.8 Å². The molecular formula is C13H27N3O2S. The van der Waals surface area contributed by atoms with Crippen LogP contribution in [0.5, 0.6) is 0 Å². The zero-order valence-corrected chi connectivity index (χ0v) is 12.8. The maximum Gasteiger partial charge on any atom is 0.282 e. The van der Waals surface area contributed by atoms with E-state index in [-0.39, 0.29) is 6.04 Å². The highest BCUT2D eigenvalue weighted by Crippen LogP contribution is 2.21. The lowest BCUT2D eigenvalue weighted by Gasteiger charge is -2.36. The molecular weight excluding hydrogens is 262 g/mol. The molecule has 2 rings (SSSR count). The third kappa shape index (κ3) is 3.68. The van der Waals surface area contributed by atoms with Gasteiger partial charge in [-0.15, -0.1) is 0 Å². The Morgan fingerprint density at radius 1 is 1.11 bits per heavy atom. The SMILES string of the molecule is CCN(C1CCNCC1)S(=O)(=O)N1CCCCCC1. The topological polar surface area (TPSA) is 52.7 Å². The minimum atomic E-state index is -3.26. The minimum Gasteiger partial charge on any atom is -0.317 e. The summed E-state index contributed by atoms with van der Waals surface area (Å²) >= 11 is 0. The van der Waals surface area contributed by atoms with Gasteiger partial charge in [0.15, 0.2) is 0 Å². The smallest absolute Gasteiger partial charge is 0.282 e. The van der Waals surface area contributed by atoms with E-state index in [4.69, 9.17) is 0 Å². The first-order valence-electron chi connectivity index (χ1n) is 7.64. The van der Waals surface area contributed by atoms with Crippen LogP contribution in [0.3, 0.4) is 0 Å². The quantitative estimate of drug-likeness (QED) is 0.845. The minimum absolute atomic E-state index is 0.180. The average Bonchev–Trinajstić information content (AvgIpc) is 2.70. The van der Waals surface area contributed by atoms with Gasteiger partial charge in [-0.05, 0) is 38.8 Å². The molecule has 0 unspecified atom stereocenters. The van der Waals surface area contributed by atoms with Crippen molar-refractivity contribution in [2.24, 2.45) is 0 Å². The van der Waals surface area contributed by atoms with Crippen LogP contribution >= 0.6 is 0 Å². The van der Waals surface area contributed by atoms with Gasteiger partial charge < -0.3 is 5.32 Å². The number of piperidine rings is 1. The predicted molar refractivity (Wildman–Crippen MR) is 77.2 cm³/mol. The van der Waals surface area contributed by atoms with E-state index in [1.54, 1.807) is 8.61 Å². The zero-order chi connectivity index (χ0) is 13.7. The second-order valence-corrected chi connectivity index (χ2v) is 7.39. The summed E-state index contributed by atoms with van der Waals surface area (Å²) in [5, 5.41) is 3.30. The van der Waals surface area contributed by atoms with Crippen LogP contribution < -0.4 is 5.32 Å². The first-order chi connectivity index (χ1) is 9.16. The monoisotopic (exact) mass is 289 g/mol. The van der Waals surface area contributed by atoms with E-state index in [0.29, 0.717) is 19.6 Å². The lowest BCUT2D eigenvalue weighted by atomic mass is 10.1. The maximum absolute atomic E-state index is 12.8. The van der Waals surface area contributed by atoms with E-state index < -0.39 is 10.2 Å². The summed E-state index contributed by atoms with van der Waals surface area (Å²) in [5.41, 5.74) is 0. The van der Waals surface area contributed by atoms with E-state index in [1.165, 1.54) is 0 Å². The van der Waals surface area contributed by atoms with Crippen molar-refractivity contribution in [2.75, 3.05) is 32.7 Å². The molecule has 2 heterocycles. The molecule has 0 aromatic heterocycles. The third-order valence-corrected chi connectivity index (χ3v) is 6.38. The zero-order valence-electron chi connectivity index (χ0n) is 12.0. The summed E-state index contributed by atoms with van der Waals surface area (Å²) in [6.07, 6.45) is 6.19. The highest BCUT2D eigenvalue weighted by atomic mass is 32.2. The summed E-state index contributed by atoms with van der Waals surface area (Å²) in [6.45, 7) is 5.79. The first kappa shape index (κ1) is 15.2. The van der Waals surface area contributed by atoms with Gasteiger partial charge >= 0.3 is 0 Å². The molecule has 2 fully saturated rings. The Balaban J connectivity index is 2.09. The lowest BCUT2D eigenvalue weighted by Crippen LogP contribution is -2.51. The van der Waals surface area contributed by atoms with Gasteiger partial charge in [-0.25, -0.2) is 0 Å². The fourth-order valence-electron chi connectivity index (χ4n) is 3.13. The van der Waals surface area contributed by atoms with Crippen molar-refractivity contribution >= 4 is 10.2 Å². The van der Waals surface area contributed by atoms with Crippen LogP contribution in [-0.2, 0) is 10.2 Å². The molecule has 0 aromatic rings. The van der Waals surface area contributed by atoms with Gasteiger partial charge in [0.25, 0.3) is 10.2 Å². The van der Waals surface area contributed by atoms with Crippen LogP contribution in [0.2, 0.25) is 0 Å². The van der Waals surface area contributed by atoms with Crippen molar-refractivity contribution in [3.63, 3.8) is 0 Å². The van der Waals surface area contributed by atoms with Crippen molar-refractivity contribution in [1.82, 2.24) is 13.9 Å². The van der Waals surface area contributed by atoms with Crippen molar-refractivity contribution in [3.05, 3.63) is 0 Å². The molecule has 0 atom stereocenters. The van der Waals surface area contributed by atoms with Gasteiger partial charge in [0.05, 0.1) is 0 Å². The van der Waals surface area contributed by atoms with Crippen LogP contribution in [0.1, 0.15) is 45.4 Å². The summed E-state index contributed by atoms with van der Waals surface area (Å²) in [7, 11) is -3.26. The average molecular weight is 289 g/mol. The summed E-state index contributed by atoms with van der Waals surface area (Å²) in [4.78, 5) is 0. The van der Waals surface area contributed by atoms with Crippen molar-refractivity contribution in [1.29, 1.82) is 0 Å². The number of rotatable bonds is 4. The molecule has 2 saturated heterocycles. The van der Waals surface area contributed by atoms with E-state index in [0.717, 1.165) is 51.6 Å². The lowest BCUT2D eigenvalue weighted by molar-refractivity contribution is 0.249. The number of hydrogen-bond donors (Lipinski definition) is 1. The van der Waals surface area contributed by atoms with E-state index in [2.05, 4.69) is 5.32 Å². The van der Waals surface area contributed by atoms with Crippen molar-refractivity contribution in [3.8, 4) is 0 Å². The Morgan fingerprint density at radius 2 is 1.68 bits per heavy atom. The van der Waals surface area contributed by atoms with Gasteiger partial charge in [0.1, 0.15) is 0 Å². The third-order valence-electron chi connectivity index (χ3n) is 4.22. The summed E-state index contributed by atoms with van der Waals surface area (Å²) < 4.78 is 29.0. The first-order valence-corrected chi connectivity index (χ1v) is 9.03. The molecule has 0 bridgehead atoms.